The molecule has 2 aromatic heterocycles. The fourth-order valence-corrected chi connectivity index (χ4v) is 5.71. The minimum Gasteiger partial charge on any atom is -0.868 e. The van der Waals surface area contributed by atoms with Gasteiger partial charge in [-0.05, 0) is 41.5 Å². The lowest BCUT2D eigenvalue weighted by atomic mass is 9.99. The highest BCUT2D eigenvalue weighted by Crippen LogP contribution is 2.27. The normalized spacial score (nSPS) is 11.8. The monoisotopic (exact) mass is 562 g/mol. The van der Waals surface area contributed by atoms with Crippen molar-refractivity contribution in [3.05, 3.63) is 94.4 Å². The summed E-state index contributed by atoms with van der Waals surface area (Å²) >= 11 is 0. The Balaban J connectivity index is 1.47. The molecule has 0 radical (unpaired) electrons. The number of carbonyl (C=O) groups excluding carboxylic acids is 2. The van der Waals surface area contributed by atoms with E-state index in [0.29, 0.717) is 29.1 Å². The van der Waals surface area contributed by atoms with Crippen LogP contribution < -0.4 is 15.4 Å². The van der Waals surface area contributed by atoms with Crippen LogP contribution in [0.4, 0.5) is 0 Å². The molecule has 0 bridgehead atoms. The van der Waals surface area contributed by atoms with Gasteiger partial charge >= 0.3 is 17.5 Å². The molecule has 0 saturated carbocycles. The summed E-state index contributed by atoms with van der Waals surface area (Å²) in [5.41, 5.74) is 1.72. The highest BCUT2D eigenvalue weighted by atomic mass is 32.2. The molecular formula is C30H30N2O7S. The van der Waals surface area contributed by atoms with Crippen LogP contribution in [0, 0.1) is 5.92 Å². The summed E-state index contributed by atoms with van der Waals surface area (Å²) in [6, 6.07) is 20.0. The number of pyridine rings is 2. The summed E-state index contributed by atoms with van der Waals surface area (Å²) in [6.45, 7) is 0.599. The van der Waals surface area contributed by atoms with E-state index < -0.39 is 28.8 Å². The van der Waals surface area contributed by atoms with Crippen LogP contribution >= 0.6 is 0 Å². The molecule has 0 spiro atoms. The quantitative estimate of drug-likeness (QED) is 0.156. The Morgan fingerprint density at radius 3 is 2.27 bits per heavy atom. The Hall–Kier alpha value is -4.31. The molecule has 1 unspecified atom stereocenters. The number of aromatic nitrogens is 2. The standard InChI is InChI=1S/C30H30N2O7S/c1-37-29(35)24(30(36)38-2)18-20-11-13-22(14-12-20)39-16-17-40(3)26-25(33)23-10-7-15-31-27(23)32(28(26)34)19-21-8-5-4-6-9-21/h4-15,24H,16-19H2,1-3H3. The highest BCUT2D eigenvalue weighted by Gasteiger charge is 2.29. The second-order valence-corrected chi connectivity index (χ2v) is 11.1. The first-order valence-electron chi connectivity index (χ1n) is 12.6. The molecule has 0 saturated heterocycles. The zero-order valence-corrected chi connectivity index (χ0v) is 23.3. The number of hydrogen-bond acceptors (Lipinski definition) is 8. The van der Waals surface area contributed by atoms with E-state index in [1.165, 1.54) is 14.2 Å². The van der Waals surface area contributed by atoms with Gasteiger partial charge in [-0.15, -0.1) is 0 Å². The Morgan fingerprint density at radius 2 is 1.62 bits per heavy atom. The highest BCUT2D eigenvalue weighted by molar-refractivity contribution is 7.96. The van der Waals surface area contributed by atoms with Crippen LogP contribution in [-0.4, -0.2) is 54.3 Å². The van der Waals surface area contributed by atoms with Crippen molar-refractivity contribution < 1.29 is 28.9 Å². The van der Waals surface area contributed by atoms with E-state index in [2.05, 4.69) is 4.98 Å². The van der Waals surface area contributed by atoms with E-state index in [1.54, 1.807) is 47.2 Å². The van der Waals surface area contributed by atoms with Crippen LogP contribution in [0.1, 0.15) is 11.1 Å². The molecule has 0 fully saturated rings. The van der Waals surface area contributed by atoms with E-state index in [4.69, 9.17) is 14.2 Å². The number of benzene rings is 2. The van der Waals surface area contributed by atoms with Gasteiger partial charge < -0.3 is 19.3 Å². The number of esters is 2. The molecule has 4 rings (SSSR count). The van der Waals surface area contributed by atoms with Gasteiger partial charge in [0.2, 0.25) is 4.90 Å². The summed E-state index contributed by atoms with van der Waals surface area (Å²) in [5, 5.41) is 13.8. The SMILES string of the molecule is COC(=O)C(Cc1ccc(OCC[S+](C)c2c([O-])c3cccnc3n(Cc3ccccc3)c2=O)cc1)C(=O)OC. The predicted octanol–water partition coefficient (Wildman–Crippen LogP) is 2.71. The van der Waals surface area contributed by atoms with E-state index in [0.717, 1.165) is 11.1 Å². The van der Waals surface area contributed by atoms with E-state index in [1.807, 2.05) is 36.6 Å². The largest absolute Gasteiger partial charge is 0.868 e. The van der Waals surface area contributed by atoms with E-state index in [9.17, 15) is 19.5 Å². The van der Waals surface area contributed by atoms with E-state index in [-0.39, 0.29) is 29.2 Å². The van der Waals surface area contributed by atoms with Crippen molar-refractivity contribution in [3.63, 3.8) is 0 Å². The lowest BCUT2D eigenvalue weighted by molar-refractivity contribution is -0.270. The third-order valence-electron chi connectivity index (χ3n) is 6.46. The molecule has 0 aliphatic heterocycles. The number of hydrogen-bond donors (Lipinski definition) is 0. The molecule has 2 heterocycles. The Bertz CT molecular complexity index is 1520. The number of methoxy groups -OCH3 is 2. The van der Waals surface area contributed by atoms with Gasteiger partial charge in [0.1, 0.15) is 30.0 Å². The smallest absolute Gasteiger partial charge is 0.320 e. The van der Waals surface area contributed by atoms with Gasteiger partial charge in [-0.2, -0.15) is 0 Å². The number of fused-ring (bicyclic) bond motifs is 1. The predicted molar refractivity (Wildman–Crippen MR) is 151 cm³/mol. The molecule has 4 aromatic rings. The molecule has 0 aliphatic rings. The Labute approximate surface area is 234 Å². The topological polar surface area (TPSA) is 120 Å². The first-order chi connectivity index (χ1) is 19.3. The molecule has 2 aromatic carbocycles. The summed E-state index contributed by atoms with van der Waals surface area (Å²) in [5.74, 6) is -1.61. The Morgan fingerprint density at radius 1 is 0.950 bits per heavy atom. The van der Waals surface area contributed by atoms with Crippen molar-refractivity contribution in [1.82, 2.24) is 9.55 Å². The van der Waals surface area contributed by atoms with Crippen molar-refractivity contribution >= 4 is 33.9 Å². The molecule has 40 heavy (non-hydrogen) atoms. The lowest BCUT2D eigenvalue weighted by Crippen LogP contribution is -2.30. The van der Waals surface area contributed by atoms with Crippen molar-refractivity contribution in [1.29, 1.82) is 0 Å². The van der Waals surface area contributed by atoms with Crippen LogP contribution in [0.3, 0.4) is 0 Å². The second kappa shape index (κ2) is 13.2. The first kappa shape index (κ1) is 28.7. The number of nitrogens with zero attached hydrogens (tertiary/aromatic N) is 2. The average molecular weight is 563 g/mol. The minimum absolute atomic E-state index is 0.135. The van der Waals surface area contributed by atoms with Crippen LogP contribution in [0.25, 0.3) is 11.0 Å². The summed E-state index contributed by atoms with van der Waals surface area (Å²) in [6.07, 6.45) is 3.59. The van der Waals surface area contributed by atoms with Crippen molar-refractivity contribution in [3.8, 4) is 11.5 Å². The van der Waals surface area contributed by atoms with Gasteiger partial charge in [0.25, 0.3) is 0 Å². The summed E-state index contributed by atoms with van der Waals surface area (Å²) < 4.78 is 16.9. The van der Waals surface area contributed by atoms with Crippen LogP contribution in [-0.2, 0) is 42.9 Å². The summed E-state index contributed by atoms with van der Waals surface area (Å²) in [7, 11) is 1.76. The van der Waals surface area contributed by atoms with Crippen LogP contribution in [0.15, 0.2) is 82.6 Å². The van der Waals surface area contributed by atoms with Crippen molar-refractivity contribution in [2.24, 2.45) is 5.92 Å². The molecule has 10 heteroatoms. The molecule has 1 atom stereocenters. The van der Waals surface area contributed by atoms with Gasteiger partial charge in [0.05, 0.1) is 20.8 Å². The fourth-order valence-electron chi connectivity index (χ4n) is 4.34. The van der Waals surface area contributed by atoms with Gasteiger partial charge in [0, 0.05) is 22.5 Å². The zero-order valence-electron chi connectivity index (χ0n) is 22.5. The maximum absolute atomic E-state index is 13.6. The number of ether oxygens (including phenoxy) is 3. The van der Waals surface area contributed by atoms with Gasteiger partial charge in [0.15, 0.2) is 5.92 Å². The molecule has 9 nitrogen and oxygen atoms in total. The first-order valence-corrected chi connectivity index (χ1v) is 14.4. The van der Waals surface area contributed by atoms with Gasteiger partial charge in [-0.25, -0.2) is 4.98 Å². The molecular weight excluding hydrogens is 532 g/mol. The summed E-state index contributed by atoms with van der Waals surface area (Å²) in [4.78, 5) is 42.0. The maximum atomic E-state index is 13.6. The Kier molecular flexibility index (Phi) is 9.44. The maximum Gasteiger partial charge on any atom is 0.320 e. The van der Waals surface area contributed by atoms with Crippen LogP contribution in [0.2, 0.25) is 0 Å². The molecule has 0 aliphatic carbocycles. The third-order valence-corrected chi connectivity index (χ3v) is 8.29. The molecule has 0 N–H and O–H groups in total. The van der Waals surface area contributed by atoms with E-state index >= 15 is 0 Å². The molecule has 208 valence electrons. The number of carbonyl (C=O) groups is 2. The molecule has 0 amide bonds. The van der Waals surface area contributed by atoms with Gasteiger partial charge in [-0.1, -0.05) is 48.5 Å². The lowest BCUT2D eigenvalue weighted by Gasteiger charge is -2.18. The number of rotatable bonds is 11. The third kappa shape index (κ3) is 6.45. The fraction of sp³-hybridized carbons (Fsp3) is 0.267. The van der Waals surface area contributed by atoms with Crippen LogP contribution in [0.5, 0.6) is 11.5 Å². The van der Waals surface area contributed by atoms with Crippen molar-refractivity contribution in [2.75, 3.05) is 32.8 Å². The van der Waals surface area contributed by atoms with Gasteiger partial charge in [-0.3, -0.25) is 19.0 Å². The van der Waals surface area contributed by atoms with Crippen molar-refractivity contribution in [2.45, 2.75) is 17.9 Å². The average Bonchev–Trinajstić information content (AvgIpc) is 2.98. The minimum atomic E-state index is -1.05. The zero-order chi connectivity index (χ0) is 28.6. The second-order valence-electron chi connectivity index (χ2n) is 9.05.